The Morgan fingerprint density at radius 3 is 2.55 bits per heavy atom. The summed E-state index contributed by atoms with van der Waals surface area (Å²) in [6.45, 7) is 0. The maximum Gasteiger partial charge on any atom is 0.411 e. The first kappa shape index (κ1) is 26.3. The van der Waals surface area contributed by atoms with Crippen molar-refractivity contribution in [3.8, 4) is 11.1 Å². The van der Waals surface area contributed by atoms with Crippen molar-refractivity contribution >= 4 is 35.1 Å². The molecule has 0 unspecified atom stereocenters. The van der Waals surface area contributed by atoms with Gasteiger partial charge in [-0.2, -0.15) is 0 Å². The topological polar surface area (TPSA) is 159 Å². The Kier molecular flexibility index (Phi) is 8.32. The van der Waals surface area contributed by atoms with Crippen molar-refractivity contribution in [2.24, 2.45) is 5.73 Å². The molecule has 1 aliphatic heterocycles. The highest BCUT2D eigenvalue weighted by atomic mass is 16.5. The highest BCUT2D eigenvalue weighted by Crippen LogP contribution is 2.33. The SMILES string of the molecule is COC(=O)Nc1ccc2c(c1)NC(=O)CCCCC[C@H](NC(=O)c1ccc(C(=N)N)cc1)c1cc-2ccn1. The number of hydrogen-bond donors (Lipinski definition) is 5. The molecule has 0 spiro atoms. The Morgan fingerprint density at radius 2 is 1.82 bits per heavy atom. The molecule has 10 heteroatoms. The van der Waals surface area contributed by atoms with Crippen molar-refractivity contribution in [1.29, 1.82) is 5.41 Å². The van der Waals surface area contributed by atoms with Gasteiger partial charge in [0, 0.05) is 35.0 Å². The number of anilines is 2. The van der Waals surface area contributed by atoms with Gasteiger partial charge in [0.05, 0.1) is 24.5 Å². The van der Waals surface area contributed by atoms with E-state index in [1.165, 1.54) is 7.11 Å². The summed E-state index contributed by atoms with van der Waals surface area (Å²) in [5.41, 5.74) is 9.81. The van der Waals surface area contributed by atoms with E-state index in [1.54, 1.807) is 42.6 Å². The molecule has 2 bridgehead atoms. The molecule has 0 radical (unpaired) electrons. The van der Waals surface area contributed by atoms with Crippen LogP contribution < -0.4 is 21.7 Å². The number of rotatable bonds is 4. The van der Waals surface area contributed by atoms with E-state index in [0.717, 1.165) is 24.0 Å². The smallest absolute Gasteiger partial charge is 0.411 e. The van der Waals surface area contributed by atoms with E-state index in [0.29, 0.717) is 47.5 Å². The van der Waals surface area contributed by atoms with Gasteiger partial charge in [-0.25, -0.2) is 4.79 Å². The maximum atomic E-state index is 13.1. The number of carbonyl (C=O) groups excluding carboxylic acids is 3. The van der Waals surface area contributed by atoms with Crippen LogP contribution in [0.3, 0.4) is 0 Å². The van der Waals surface area contributed by atoms with Crippen molar-refractivity contribution in [2.45, 2.75) is 38.1 Å². The number of carbonyl (C=O) groups is 3. The molecule has 0 fully saturated rings. The Bertz CT molecular complexity index is 1360. The van der Waals surface area contributed by atoms with Crippen LogP contribution in [0.2, 0.25) is 0 Å². The van der Waals surface area contributed by atoms with Gasteiger partial charge in [-0.15, -0.1) is 0 Å². The summed E-state index contributed by atoms with van der Waals surface area (Å²) < 4.78 is 4.68. The van der Waals surface area contributed by atoms with Crippen LogP contribution in [-0.2, 0) is 9.53 Å². The molecule has 2 heterocycles. The molecule has 0 saturated heterocycles. The number of amides is 3. The van der Waals surface area contributed by atoms with Crippen LogP contribution in [-0.4, -0.2) is 35.8 Å². The molecule has 1 aliphatic rings. The number of ether oxygens (including phenoxy) is 1. The predicted octanol–water partition coefficient (Wildman–Crippen LogP) is 4.58. The molecular weight excluding hydrogens is 484 g/mol. The number of nitrogens with zero attached hydrogens (tertiary/aromatic N) is 1. The van der Waals surface area contributed by atoms with Gasteiger partial charge < -0.3 is 21.1 Å². The zero-order valence-electron chi connectivity index (χ0n) is 21.0. The summed E-state index contributed by atoms with van der Waals surface area (Å²) in [6, 6.07) is 15.2. The van der Waals surface area contributed by atoms with Gasteiger partial charge in [-0.3, -0.25) is 25.3 Å². The van der Waals surface area contributed by atoms with Gasteiger partial charge in [-0.1, -0.05) is 31.0 Å². The number of pyridine rings is 1. The lowest BCUT2D eigenvalue weighted by molar-refractivity contribution is -0.116. The van der Waals surface area contributed by atoms with Crippen LogP contribution >= 0.6 is 0 Å². The third-order valence-electron chi connectivity index (χ3n) is 6.33. The fourth-order valence-corrected chi connectivity index (χ4v) is 4.31. The third-order valence-corrected chi connectivity index (χ3v) is 6.33. The molecule has 38 heavy (non-hydrogen) atoms. The van der Waals surface area contributed by atoms with Crippen molar-refractivity contribution in [1.82, 2.24) is 10.3 Å². The number of nitrogens with two attached hydrogens (primary N) is 1. The molecule has 1 atom stereocenters. The fourth-order valence-electron chi connectivity index (χ4n) is 4.31. The number of fused-ring (bicyclic) bond motifs is 4. The lowest BCUT2D eigenvalue weighted by Crippen LogP contribution is -2.29. The van der Waals surface area contributed by atoms with Crippen molar-refractivity contribution in [2.75, 3.05) is 17.7 Å². The minimum atomic E-state index is -0.610. The summed E-state index contributed by atoms with van der Waals surface area (Å²) >= 11 is 0. The Morgan fingerprint density at radius 1 is 1.05 bits per heavy atom. The third kappa shape index (κ3) is 6.52. The Labute approximate surface area is 220 Å². The molecule has 3 amide bonds. The number of amidine groups is 1. The summed E-state index contributed by atoms with van der Waals surface area (Å²) in [4.78, 5) is 42.0. The van der Waals surface area contributed by atoms with Crippen LogP contribution in [0, 0.1) is 5.41 Å². The zero-order chi connectivity index (χ0) is 27.1. The molecule has 1 aromatic heterocycles. The van der Waals surface area contributed by atoms with Gasteiger partial charge in [0.1, 0.15) is 5.84 Å². The highest BCUT2D eigenvalue weighted by molar-refractivity contribution is 5.99. The normalized spacial score (nSPS) is 15.4. The lowest BCUT2D eigenvalue weighted by atomic mass is 9.99. The molecule has 0 saturated carbocycles. The molecule has 2 aromatic carbocycles. The quantitative estimate of drug-likeness (QED) is 0.253. The first-order valence-corrected chi connectivity index (χ1v) is 12.3. The molecular formula is C28H30N6O4. The van der Waals surface area contributed by atoms with Gasteiger partial charge in [0.25, 0.3) is 5.91 Å². The average molecular weight is 515 g/mol. The molecule has 10 nitrogen and oxygen atoms in total. The minimum Gasteiger partial charge on any atom is -0.453 e. The number of aromatic nitrogens is 1. The van der Waals surface area contributed by atoms with Crippen molar-refractivity contribution < 1.29 is 19.1 Å². The second kappa shape index (κ2) is 12.0. The van der Waals surface area contributed by atoms with E-state index in [2.05, 4.69) is 25.7 Å². The molecule has 0 aliphatic carbocycles. The van der Waals surface area contributed by atoms with Gasteiger partial charge in [0.15, 0.2) is 0 Å². The van der Waals surface area contributed by atoms with Gasteiger partial charge in [0.2, 0.25) is 5.91 Å². The number of nitrogen functional groups attached to an aromatic ring is 1. The number of methoxy groups -OCH3 is 1. The molecule has 3 aromatic rings. The van der Waals surface area contributed by atoms with E-state index in [4.69, 9.17) is 11.1 Å². The second-order valence-corrected chi connectivity index (χ2v) is 9.01. The molecule has 196 valence electrons. The molecule has 4 rings (SSSR count). The first-order valence-electron chi connectivity index (χ1n) is 12.3. The fraction of sp³-hybridized carbons (Fsp3) is 0.250. The molecule has 6 N–H and O–H groups in total. The standard InChI is InChI=1S/C28H30N6O4/c1-38-28(37)32-20-11-12-21-19-13-14-31-24(15-19)22(5-3-2-4-6-25(35)33-23(21)16-20)34-27(36)18-9-7-17(8-10-18)26(29)30/h7-16,22H,2-6H2,1H3,(H3,29,30)(H,32,37)(H,33,35)(H,34,36)/t22-/m0/s1. The largest absolute Gasteiger partial charge is 0.453 e. The second-order valence-electron chi connectivity index (χ2n) is 9.01. The Hall–Kier alpha value is -4.73. The van der Waals surface area contributed by atoms with Gasteiger partial charge >= 0.3 is 6.09 Å². The Balaban J connectivity index is 1.66. The van der Waals surface area contributed by atoms with Crippen LogP contribution in [0.15, 0.2) is 60.8 Å². The monoisotopic (exact) mass is 514 g/mol. The van der Waals surface area contributed by atoms with E-state index < -0.39 is 6.09 Å². The van der Waals surface area contributed by atoms with Gasteiger partial charge in [-0.05, 0) is 54.8 Å². The van der Waals surface area contributed by atoms with Crippen molar-refractivity contribution in [3.63, 3.8) is 0 Å². The van der Waals surface area contributed by atoms with Crippen LogP contribution in [0.1, 0.15) is 59.8 Å². The summed E-state index contributed by atoms with van der Waals surface area (Å²) in [5, 5.41) is 16.2. The maximum absolute atomic E-state index is 13.1. The lowest BCUT2D eigenvalue weighted by Gasteiger charge is -2.20. The number of benzene rings is 2. The zero-order valence-corrected chi connectivity index (χ0v) is 21.0. The van der Waals surface area contributed by atoms with Crippen LogP contribution in [0.25, 0.3) is 11.1 Å². The summed E-state index contributed by atoms with van der Waals surface area (Å²) in [7, 11) is 1.28. The number of hydrogen-bond acceptors (Lipinski definition) is 6. The highest BCUT2D eigenvalue weighted by Gasteiger charge is 2.20. The number of nitrogens with one attached hydrogen (secondary N) is 4. The van der Waals surface area contributed by atoms with E-state index >= 15 is 0 Å². The average Bonchev–Trinajstić information content (AvgIpc) is 2.92. The first-order chi connectivity index (χ1) is 18.3. The van der Waals surface area contributed by atoms with Crippen LogP contribution in [0.5, 0.6) is 0 Å². The van der Waals surface area contributed by atoms with E-state index in [9.17, 15) is 14.4 Å². The predicted molar refractivity (Wildman–Crippen MR) is 145 cm³/mol. The summed E-state index contributed by atoms with van der Waals surface area (Å²) in [6.07, 6.45) is 4.38. The summed E-state index contributed by atoms with van der Waals surface area (Å²) in [5.74, 6) is -0.430. The van der Waals surface area contributed by atoms with Crippen molar-refractivity contribution in [3.05, 3.63) is 77.6 Å². The van der Waals surface area contributed by atoms with E-state index in [-0.39, 0.29) is 23.7 Å². The van der Waals surface area contributed by atoms with Crippen LogP contribution in [0.4, 0.5) is 16.2 Å². The minimum absolute atomic E-state index is 0.0605. The van der Waals surface area contributed by atoms with E-state index in [1.807, 2.05) is 18.2 Å².